The molecule has 0 aliphatic carbocycles. The van der Waals surface area contributed by atoms with Crippen LogP contribution in [-0.4, -0.2) is 96.0 Å². The molecular weight excluding hydrogens is 314 g/mol. The Morgan fingerprint density at radius 3 is 2.52 bits per heavy atom. The minimum absolute atomic E-state index is 0.0345. The first kappa shape index (κ1) is 18.6. The highest BCUT2D eigenvalue weighted by atomic mass is 16.2. The van der Waals surface area contributed by atoms with Crippen molar-refractivity contribution in [2.75, 3.05) is 52.4 Å². The highest BCUT2D eigenvalue weighted by Gasteiger charge is 2.36. The predicted molar refractivity (Wildman–Crippen MR) is 98.0 cm³/mol. The Bertz CT molecular complexity index is 508. The van der Waals surface area contributed by atoms with Crippen molar-refractivity contribution in [3.63, 3.8) is 0 Å². The quantitative estimate of drug-likeness (QED) is 0.755. The molecule has 0 saturated carbocycles. The van der Waals surface area contributed by atoms with E-state index in [1.807, 2.05) is 4.90 Å². The molecule has 0 aromatic carbocycles. The van der Waals surface area contributed by atoms with Crippen LogP contribution in [-0.2, 0) is 4.79 Å². The Labute approximate surface area is 152 Å². The number of fused-ring (bicyclic) bond motifs is 1. The SMILES string of the molecule is CC(C)[C@H](C#N)N1CCN(C(=O)CN2C[C@H]3CCCN3C[C@@H]2C)CC1. The molecule has 0 N–H and O–H groups in total. The van der Waals surface area contributed by atoms with Gasteiger partial charge in [0.05, 0.1) is 12.6 Å². The van der Waals surface area contributed by atoms with Crippen LogP contribution in [0.1, 0.15) is 33.6 Å². The molecule has 3 aliphatic heterocycles. The lowest BCUT2D eigenvalue weighted by molar-refractivity contribution is -0.136. The van der Waals surface area contributed by atoms with Crippen LogP contribution in [0.4, 0.5) is 0 Å². The first-order valence-electron chi connectivity index (χ1n) is 9.89. The molecular formula is C19H33N5O. The number of amides is 1. The first-order chi connectivity index (χ1) is 12.0. The van der Waals surface area contributed by atoms with Gasteiger partial charge in [-0.25, -0.2) is 0 Å². The summed E-state index contributed by atoms with van der Waals surface area (Å²) in [6.45, 7) is 13.5. The Morgan fingerprint density at radius 1 is 1.16 bits per heavy atom. The van der Waals surface area contributed by atoms with E-state index in [4.69, 9.17) is 0 Å². The van der Waals surface area contributed by atoms with Gasteiger partial charge in [0.1, 0.15) is 6.04 Å². The number of carbonyl (C=O) groups excluding carboxylic acids is 1. The normalized spacial score (nSPS) is 30.3. The van der Waals surface area contributed by atoms with E-state index >= 15 is 0 Å². The van der Waals surface area contributed by atoms with E-state index < -0.39 is 0 Å². The standard InChI is InChI=1S/C19H33N5O/c1-15(2)18(11-20)21-7-9-22(10-8-21)19(25)14-24-13-17-5-4-6-23(17)12-16(24)3/h15-18H,4-10,12-14H2,1-3H3/t16-,17+,18-/m0/s1. The minimum atomic E-state index is -0.0345. The second kappa shape index (κ2) is 8.03. The molecule has 3 heterocycles. The molecule has 0 unspecified atom stereocenters. The van der Waals surface area contributed by atoms with Crippen LogP contribution in [0.2, 0.25) is 0 Å². The summed E-state index contributed by atoms with van der Waals surface area (Å²) in [5.41, 5.74) is 0. The molecule has 0 radical (unpaired) electrons. The highest BCUT2D eigenvalue weighted by molar-refractivity contribution is 5.78. The summed E-state index contributed by atoms with van der Waals surface area (Å²) in [5.74, 6) is 0.590. The maximum absolute atomic E-state index is 12.8. The smallest absolute Gasteiger partial charge is 0.236 e. The number of hydrogen-bond acceptors (Lipinski definition) is 5. The molecule has 3 rings (SSSR count). The van der Waals surface area contributed by atoms with E-state index in [-0.39, 0.29) is 11.9 Å². The molecule has 25 heavy (non-hydrogen) atoms. The average Bonchev–Trinajstić information content (AvgIpc) is 3.03. The minimum Gasteiger partial charge on any atom is -0.339 e. The molecule has 6 nitrogen and oxygen atoms in total. The fourth-order valence-corrected chi connectivity index (χ4v) is 4.64. The number of nitriles is 1. The number of carbonyl (C=O) groups is 1. The lowest BCUT2D eigenvalue weighted by atomic mass is 10.0. The van der Waals surface area contributed by atoms with Gasteiger partial charge in [-0.2, -0.15) is 5.26 Å². The summed E-state index contributed by atoms with van der Waals surface area (Å²) in [6, 6.07) is 3.50. The molecule has 3 atom stereocenters. The van der Waals surface area contributed by atoms with Gasteiger partial charge in [0.2, 0.25) is 5.91 Å². The van der Waals surface area contributed by atoms with Gasteiger partial charge in [-0.3, -0.25) is 19.5 Å². The number of piperazine rings is 2. The third-order valence-electron chi connectivity index (χ3n) is 6.23. The third kappa shape index (κ3) is 4.16. The third-order valence-corrected chi connectivity index (χ3v) is 6.23. The Kier molecular flexibility index (Phi) is 5.98. The van der Waals surface area contributed by atoms with Crippen molar-refractivity contribution < 1.29 is 4.79 Å². The van der Waals surface area contributed by atoms with Crippen molar-refractivity contribution in [1.29, 1.82) is 5.26 Å². The molecule has 140 valence electrons. The zero-order valence-electron chi connectivity index (χ0n) is 16.0. The fourth-order valence-electron chi connectivity index (χ4n) is 4.64. The van der Waals surface area contributed by atoms with Crippen LogP contribution in [0.25, 0.3) is 0 Å². The zero-order chi connectivity index (χ0) is 18.0. The first-order valence-corrected chi connectivity index (χ1v) is 9.89. The van der Waals surface area contributed by atoms with Gasteiger partial charge in [-0.1, -0.05) is 13.8 Å². The average molecular weight is 348 g/mol. The number of hydrogen-bond donors (Lipinski definition) is 0. The van der Waals surface area contributed by atoms with Crippen LogP contribution in [0, 0.1) is 17.2 Å². The Morgan fingerprint density at radius 2 is 1.88 bits per heavy atom. The van der Waals surface area contributed by atoms with Gasteiger partial charge in [0.15, 0.2) is 0 Å². The predicted octanol–water partition coefficient (Wildman–Crippen LogP) is 0.847. The van der Waals surface area contributed by atoms with E-state index in [0.717, 1.165) is 39.3 Å². The highest BCUT2D eigenvalue weighted by Crippen LogP contribution is 2.24. The van der Waals surface area contributed by atoms with Gasteiger partial charge in [-0.05, 0) is 32.2 Å². The molecule has 3 aliphatic rings. The van der Waals surface area contributed by atoms with Gasteiger partial charge in [0, 0.05) is 51.4 Å². The van der Waals surface area contributed by atoms with E-state index in [0.29, 0.717) is 24.5 Å². The Balaban J connectivity index is 1.49. The molecule has 0 aromatic rings. The summed E-state index contributed by atoms with van der Waals surface area (Å²) < 4.78 is 0. The maximum atomic E-state index is 12.8. The molecule has 1 amide bonds. The van der Waals surface area contributed by atoms with Crippen molar-refractivity contribution in [3.8, 4) is 6.07 Å². The fraction of sp³-hybridized carbons (Fsp3) is 0.895. The van der Waals surface area contributed by atoms with E-state index in [1.54, 1.807) is 0 Å². The second-order valence-electron chi connectivity index (χ2n) is 8.30. The van der Waals surface area contributed by atoms with Crippen LogP contribution >= 0.6 is 0 Å². The van der Waals surface area contributed by atoms with Crippen LogP contribution in [0.15, 0.2) is 0 Å². The van der Waals surface area contributed by atoms with Crippen molar-refractivity contribution in [1.82, 2.24) is 19.6 Å². The van der Waals surface area contributed by atoms with E-state index in [2.05, 4.69) is 41.5 Å². The lowest BCUT2D eigenvalue weighted by Crippen LogP contribution is -2.59. The lowest BCUT2D eigenvalue weighted by Gasteiger charge is -2.43. The number of nitrogens with zero attached hydrogens (tertiary/aromatic N) is 5. The summed E-state index contributed by atoms with van der Waals surface area (Å²) in [6.07, 6.45) is 2.58. The molecule has 0 bridgehead atoms. The molecule has 0 spiro atoms. The molecule has 6 heteroatoms. The van der Waals surface area contributed by atoms with Crippen molar-refractivity contribution >= 4 is 5.91 Å². The van der Waals surface area contributed by atoms with E-state index in [9.17, 15) is 10.1 Å². The van der Waals surface area contributed by atoms with Crippen LogP contribution < -0.4 is 0 Å². The van der Waals surface area contributed by atoms with Gasteiger partial charge in [0.25, 0.3) is 0 Å². The molecule has 0 aromatic heterocycles. The maximum Gasteiger partial charge on any atom is 0.236 e. The zero-order valence-corrected chi connectivity index (χ0v) is 16.0. The van der Waals surface area contributed by atoms with Crippen molar-refractivity contribution in [3.05, 3.63) is 0 Å². The summed E-state index contributed by atoms with van der Waals surface area (Å²) in [5, 5.41) is 9.36. The van der Waals surface area contributed by atoms with Crippen molar-refractivity contribution in [2.45, 2.75) is 51.7 Å². The summed E-state index contributed by atoms with van der Waals surface area (Å²) >= 11 is 0. The largest absolute Gasteiger partial charge is 0.339 e. The summed E-state index contributed by atoms with van der Waals surface area (Å²) in [7, 11) is 0. The molecule has 3 saturated heterocycles. The molecule has 3 fully saturated rings. The monoisotopic (exact) mass is 347 g/mol. The van der Waals surface area contributed by atoms with Gasteiger partial charge < -0.3 is 4.90 Å². The second-order valence-corrected chi connectivity index (χ2v) is 8.30. The van der Waals surface area contributed by atoms with Gasteiger partial charge >= 0.3 is 0 Å². The van der Waals surface area contributed by atoms with E-state index in [1.165, 1.54) is 19.4 Å². The number of rotatable bonds is 4. The Hall–Kier alpha value is -1.16. The van der Waals surface area contributed by atoms with Crippen LogP contribution in [0.5, 0.6) is 0 Å². The van der Waals surface area contributed by atoms with Crippen molar-refractivity contribution in [2.24, 2.45) is 5.92 Å². The topological polar surface area (TPSA) is 53.8 Å². The summed E-state index contributed by atoms with van der Waals surface area (Å²) in [4.78, 5) is 22.0. The van der Waals surface area contributed by atoms with Gasteiger partial charge in [-0.15, -0.1) is 0 Å². The van der Waals surface area contributed by atoms with Crippen LogP contribution in [0.3, 0.4) is 0 Å².